The first-order valence-electron chi connectivity index (χ1n) is 5.10. The average molecular weight is 273 g/mol. The van der Waals surface area contributed by atoms with Crippen LogP contribution in [0.15, 0.2) is 10.8 Å². The van der Waals surface area contributed by atoms with Crippen LogP contribution in [0, 0.1) is 0 Å². The van der Waals surface area contributed by atoms with E-state index in [2.05, 4.69) is 43.0 Å². The van der Waals surface area contributed by atoms with Crippen LogP contribution in [0.2, 0.25) is 0 Å². The second-order valence-corrected chi connectivity index (χ2v) is 4.18. The molecular weight excluding hydrogens is 256 g/mol. The van der Waals surface area contributed by atoms with Crippen molar-refractivity contribution in [3.05, 3.63) is 10.8 Å². The number of anilines is 2. The lowest BCUT2D eigenvalue weighted by Crippen LogP contribution is -2.20. The van der Waals surface area contributed by atoms with E-state index in [1.165, 1.54) is 12.8 Å². The summed E-state index contributed by atoms with van der Waals surface area (Å²) < 4.78 is 0.922. The molecule has 0 aromatic carbocycles. The van der Waals surface area contributed by atoms with Gasteiger partial charge in [-0.15, -0.1) is 0 Å². The Morgan fingerprint density at radius 3 is 2.80 bits per heavy atom. The van der Waals surface area contributed by atoms with Gasteiger partial charge in [-0.25, -0.2) is 9.97 Å². The first-order chi connectivity index (χ1) is 7.20. The molecule has 0 aliphatic carbocycles. The van der Waals surface area contributed by atoms with E-state index in [4.69, 9.17) is 0 Å². The molecule has 1 aromatic heterocycles. The lowest BCUT2D eigenvalue weighted by molar-refractivity contribution is 0.757. The van der Waals surface area contributed by atoms with Gasteiger partial charge >= 0.3 is 0 Å². The highest BCUT2D eigenvalue weighted by atomic mass is 79.9. The fraction of sp³-hybridized carbons (Fsp3) is 0.600. The Kier molecular flexibility index (Phi) is 4.81. The molecule has 15 heavy (non-hydrogen) atoms. The molecule has 0 unspecified atom stereocenters. The summed E-state index contributed by atoms with van der Waals surface area (Å²) in [6.07, 6.45) is 3.93. The van der Waals surface area contributed by atoms with E-state index in [1.807, 2.05) is 14.1 Å². The van der Waals surface area contributed by atoms with Crippen LogP contribution in [0.4, 0.5) is 11.6 Å². The Hall–Kier alpha value is -0.840. The van der Waals surface area contributed by atoms with Crippen LogP contribution < -0.4 is 10.2 Å². The average Bonchev–Trinajstić information content (AvgIpc) is 2.26. The molecule has 0 radical (unpaired) electrons. The molecule has 0 saturated heterocycles. The summed E-state index contributed by atoms with van der Waals surface area (Å²) in [6.45, 7) is 3.19. The molecule has 1 N–H and O–H groups in total. The zero-order valence-corrected chi connectivity index (χ0v) is 11.0. The largest absolute Gasteiger partial charge is 0.372 e. The van der Waals surface area contributed by atoms with E-state index in [0.717, 1.165) is 22.7 Å². The zero-order valence-electron chi connectivity index (χ0n) is 9.42. The molecule has 0 spiro atoms. The fourth-order valence-corrected chi connectivity index (χ4v) is 2.01. The second-order valence-electron chi connectivity index (χ2n) is 3.38. The maximum Gasteiger partial charge on any atom is 0.148 e. The predicted octanol–water partition coefficient (Wildman–Crippen LogP) is 2.52. The summed E-state index contributed by atoms with van der Waals surface area (Å²) in [7, 11) is 3.89. The molecule has 0 aliphatic heterocycles. The number of unbranched alkanes of at least 4 members (excludes halogenated alkanes) is 1. The number of nitrogens with zero attached hydrogens (tertiary/aromatic N) is 3. The van der Waals surface area contributed by atoms with Gasteiger partial charge in [0.1, 0.15) is 22.4 Å². The van der Waals surface area contributed by atoms with Gasteiger partial charge in [0, 0.05) is 20.6 Å². The SMILES string of the molecule is CCCCN(C)c1ncnc(NC)c1Br. The van der Waals surface area contributed by atoms with Crippen molar-refractivity contribution >= 4 is 27.6 Å². The van der Waals surface area contributed by atoms with Crippen LogP contribution in [-0.2, 0) is 0 Å². The van der Waals surface area contributed by atoms with Gasteiger partial charge in [0.05, 0.1) is 0 Å². The number of aromatic nitrogens is 2. The minimum Gasteiger partial charge on any atom is -0.372 e. The molecule has 84 valence electrons. The summed E-state index contributed by atoms with van der Waals surface area (Å²) in [5.74, 6) is 1.76. The normalized spacial score (nSPS) is 10.1. The van der Waals surface area contributed by atoms with Crippen LogP contribution in [0.25, 0.3) is 0 Å². The van der Waals surface area contributed by atoms with Gasteiger partial charge in [-0.1, -0.05) is 13.3 Å². The molecule has 0 fully saturated rings. The van der Waals surface area contributed by atoms with Crippen LogP contribution >= 0.6 is 15.9 Å². The fourth-order valence-electron chi connectivity index (χ4n) is 1.30. The third-order valence-electron chi connectivity index (χ3n) is 2.22. The number of halogens is 1. The number of rotatable bonds is 5. The molecule has 1 rings (SSSR count). The number of hydrogen-bond acceptors (Lipinski definition) is 4. The maximum atomic E-state index is 4.27. The lowest BCUT2D eigenvalue weighted by atomic mass is 10.3. The summed E-state index contributed by atoms with van der Waals surface area (Å²) >= 11 is 3.50. The van der Waals surface area contributed by atoms with E-state index in [0.29, 0.717) is 0 Å². The third-order valence-corrected chi connectivity index (χ3v) is 2.95. The summed E-state index contributed by atoms with van der Waals surface area (Å²) in [6, 6.07) is 0. The minimum atomic E-state index is 0.823. The topological polar surface area (TPSA) is 41.1 Å². The van der Waals surface area contributed by atoms with Crippen molar-refractivity contribution in [1.82, 2.24) is 9.97 Å². The number of nitrogens with one attached hydrogen (secondary N) is 1. The van der Waals surface area contributed by atoms with E-state index in [1.54, 1.807) is 6.33 Å². The van der Waals surface area contributed by atoms with Crippen molar-refractivity contribution in [2.75, 3.05) is 30.9 Å². The first-order valence-corrected chi connectivity index (χ1v) is 5.89. The van der Waals surface area contributed by atoms with Gasteiger partial charge in [-0.2, -0.15) is 0 Å². The van der Waals surface area contributed by atoms with Crippen molar-refractivity contribution in [2.24, 2.45) is 0 Å². The lowest BCUT2D eigenvalue weighted by Gasteiger charge is -2.19. The zero-order chi connectivity index (χ0) is 11.3. The Morgan fingerprint density at radius 2 is 2.20 bits per heavy atom. The van der Waals surface area contributed by atoms with Crippen molar-refractivity contribution in [3.63, 3.8) is 0 Å². The first kappa shape index (κ1) is 12.2. The highest BCUT2D eigenvalue weighted by Crippen LogP contribution is 2.28. The Morgan fingerprint density at radius 1 is 1.47 bits per heavy atom. The van der Waals surface area contributed by atoms with Crippen LogP contribution in [0.5, 0.6) is 0 Å². The van der Waals surface area contributed by atoms with Gasteiger partial charge in [0.15, 0.2) is 0 Å². The Labute approximate surface area is 99.2 Å². The molecule has 5 heteroatoms. The van der Waals surface area contributed by atoms with Crippen LogP contribution in [0.3, 0.4) is 0 Å². The van der Waals surface area contributed by atoms with Gasteiger partial charge in [0.25, 0.3) is 0 Å². The van der Waals surface area contributed by atoms with Gasteiger partial charge in [-0.05, 0) is 22.4 Å². The third kappa shape index (κ3) is 3.06. The molecule has 0 aliphatic rings. The van der Waals surface area contributed by atoms with E-state index in [-0.39, 0.29) is 0 Å². The molecule has 0 saturated carbocycles. The summed E-state index contributed by atoms with van der Waals surface area (Å²) in [5.41, 5.74) is 0. The second kappa shape index (κ2) is 5.90. The van der Waals surface area contributed by atoms with Crippen molar-refractivity contribution in [3.8, 4) is 0 Å². The molecule has 1 heterocycles. The van der Waals surface area contributed by atoms with Crippen molar-refractivity contribution in [1.29, 1.82) is 0 Å². The van der Waals surface area contributed by atoms with Crippen LogP contribution in [0.1, 0.15) is 19.8 Å². The van der Waals surface area contributed by atoms with Crippen molar-refractivity contribution in [2.45, 2.75) is 19.8 Å². The monoisotopic (exact) mass is 272 g/mol. The minimum absolute atomic E-state index is 0.823. The maximum absolute atomic E-state index is 4.27. The Bertz CT molecular complexity index is 316. The van der Waals surface area contributed by atoms with E-state index >= 15 is 0 Å². The molecule has 0 amide bonds. The van der Waals surface area contributed by atoms with Gasteiger partial charge in [-0.3, -0.25) is 0 Å². The molecule has 1 aromatic rings. The predicted molar refractivity (Wildman–Crippen MR) is 67.5 cm³/mol. The highest BCUT2D eigenvalue weighted by molar-refractivity contribution is 9.10. The summed E-state index contributed by atoms with van der Waals surface area (Å²) in [4.78, 5) is 10.5. The molecule has 0 atom stereocenters. The Balaban J connectivity index is 2.83. The summed E-state index contributed by atoms with van der Waals surface area (Å²) in [5, 5.41) is 3.02. The van der Waals surface area contributed by atoms with Gasteiger partial charge < -0.3 is 10.2 Å². The molecule has 0 bridgehead atoms. The van der Waals surface area contributed by atoms with E-state index in [9.17, 15) is 0 Å². The smallest absolute Gasteiger partial charge is 0.148 e. The number of hydrogen-bond donors (Lipinski definition) is 1. The van der Waals surface area contributed by atoms with Crippen molar-refractivity contribution < 1.29 is 0 Å². The highest BCUT2D eigenvalue weighted by Gasteiger charge is 2.10. The molecular formula is C10H17BrN4. The quantitative estimate of drug-likeness (QED) is 0.895. The molecule has 4 nitrogen and oxygen atoms in total. The van der Waals surface area contributed by atoms with Crippen LogP contribution in [-0.4, -0.2) is 30.6 Å². The van der Waals surface area contributed by atoms with Gasteiger partial charge in [0.2, 0.25) is 0 Å². The standard InChI is InChI=1S/C10H17BrN4/c1-4-5-6-15(3)10-8(11)9(12-2)13-7-14-10/h7H,4-6H2,1-3H3,(H,12,13,14). The van der Waals surface area contributed by atoms with E-state index < -0.39 is 0 Å².